The number of benzene rings is 2. The molecule has 0 spiro atoms. The molecule has 1 aliphatic heterocycles. The third kappa shape index (κ3) is 6.01. The van der Waals surface area contributed by atoms with Gasteiger partial charge in [-0.25, -0.2) is 0 Å². The van der Waals surface area contributed by atoms with E-state index in [0.29, 0.717) is 23.7 Å². The lowest BCUT2D eigenvalue weighted by atomic mass is 9.97. The number of rotatable bonds is 10. The van der Waals surface area contributed by atoms with Gasteiger partial charge in [0.15, 0.2) is 0 Å². The molecule has 2 unspecified atom stereocenters. The number of likely N-dealkylation sites (tertiary alicyclic amines) is 1. The minimum Gasteiger partial charge on any atom is -0.361 e. The van der Waals surface area contributed by atoms with E-state index in [4.69, 9.17) is 0 Å². The number of carbonyl (C=O) groups is 3. The predicted molar refractivity (Wildman–Crippen MR) is 138 cm³/mol. The number of Topliss-reactive ketones (excluding diaryl/α,β-unsaturated/α-hetero) is 1. The summed E-state index contributed by atoms with van der Waals surface area (Å²) < 4.78 is 67.8. The van der Waals surface area contributed by atoms with Crippen LogP contribution in [-0.2, 0) is 27.2 Å². The summed E-state index contributed by atoms with van der Waals surface area (Å²) in [6.07, 6.45) is -4.43. The van der Waals surface area contributed by atoms with Crippen molar-refractivity contribution in [2.45, 2.75) is 55.9 Å². The SMILES string of the molecule is CN[C@H](Cc1ccccc1)C(=O)N1CCCC1C(=O)NC(Cc1c[nH]c2ccccc12)C(=O)C(F)(F)C(F)(F)F. The number of fused-ring (bicyclic) bond motifs is 1. The van der Waals surface area contributed by atoms with Gasteiger partial charge in [-0.2, -0.15) is 22.0 Å². The summed E-state index contributed by atoms with van der Waals surface area (Å²) in [7, 11) is 1.59. The number of nitrogens with one attached hydrogen (secondary N) is 3. The second-order valence-corrected chi connectivity index (χ2v) is 9.78. The minimum absolute atomic E-state index is 0.170. The summed E-state index contributed by atoms with van der Waals surface area (Å²) in [5, 5.41) is 5.57. The average molecular weight is 565 g/mol. The zero-order valence-corrected chi connectivity index (χ0v) is 21.6. The molecular weight excluding hydrogens is 535 g/mol. The van der Waals surface area contributed by atoms with E-state index < -0.39 is 54.2 Å². The predicted octanol–water partition coefficient (Wildman–Crippen LogP) is 3.78. The van der Waals surface area contributed by atoms with Crippen molar-refractivity contribution in [3.05, 3.63) is 71.9 Å². The highest BCUT2D eigenvalue weighted by molar-refractivity contribution is 5.97. The molecular formula is C28H29F5N4O3. The van der Waals surface area contributed by atoms with E-state index >= 15 is 0 Å². The van der Waals surface area contributed by atoms with Crippen molar-refractivity contribution in [3.63, 3.8) is 0 Å². The molecule has 12 heteroatoms. The van der Waals surface area contributed by atoms with Gasteiger partial charge in [0.05, 0.1) is 12.1 Å². The molecule has 2 aromatic carbocycles. The smallest absolute Gasteiger partial charge is 0.361 e. The number of ketones is 1. The number of para-hydroxylation sites is 1. The lowest BCUT2D eigenvalue weighted by molar-refractivity contribution is -0.269. The number of alkyl halides is 5. The Bertz CT molecular complexity index is 1360. The number of hydrogen-bond acceptors (Lipinski definition) is 4. The maximum atomic E-state index is 14.2. The van der Waals surface area contributed by atoms with Crippen molar-refractivity contribution in [2.24, 2.45) is 0 Å². The van der Waals surface area contributed by atoms with E-state index in [0.717, 1.165) is 5.56 Å². The third-order valence-electron chi connectivity index (χ3n) is 7.17. The summed E-state index contributed by atoms with van der Waals surface area (Å²) >= 11 is 0. The highest BCUT2D eigenvalue weighted by Gasteiger charge is 2.64. The van der Waals surface area contributed by atoms with Crippen LogP contribution in [0.1, 0.15) is 24.0 Å². The first-order chi connectivity index (χ1) is 18.9. The maximum absolute atomic E-state index is 14.2. The number of carbonyl (C=O) groups excluding carboxylic acids is 3. The molecule has 0 radical (unpaired) electrons. The third-order valence-corrected chi connectivity index (χ3v) is 7.17. The Balaban J connectivity index is 1.57. The summed E-state index contributed by atoms with van der Waals surface area (Å²) in [5.74, 6) is -9.53. The van der Waals surface area contributed by atoms with Crippen LogP contribution in [-0.4, -0.2) is 71.3 Å². The van der Waals surface area contributed by atoms with Gasteiger partial charge in [0.25, 0.3) is 0 Å². The summed E-state index contributed by atoms with van der Waals surface area (Å²) in [5.41, 5.74) is 1.74. The largest absolute Gasteiger partial charge is 0.461 e. The van der Waals surface area contributed by atoms with Gasteiger partial charge < -0.3 is 20.5 Å². The van der Waals surface area contributed by atoms with Crippen LogP contribution >= 0.6 is 0 Å². The molecule has 2 heterocycles. The molecule has 1 aliphatic rings. The van der Waals surface area contributed by atoms with Crippen LogP contribution in [0.5, 0.6) is 0 Å². The molecule has 214 valence electrons. The number of likely N-dealkylation sites (N-methyl/N-ethyl adjacent to an activating group) is 1. The van der Waals surface area contributed by atoms with Crippen LogP contribution in [0.2, 0.25) is 0 Å². The topological polar surface area (TPSA) is 94.3 Å². The lowest BCUT2D eigenvalue weighted by Crippen LogP contribution is -2.58. The average Bonchev–Trinajstić information content (AvgIpc) is 3.58. The molecule has 7 nitrogen and oxygen atoms in total. The summed E-state index contributed by atoms with van der Waals surface area (Å²) in [6.45, 7) is 0.198. The molecule has 3 aromatic rings. The molecule has 2 amide bonds. The number of hydrogen-bond donors (Lipinski definition) is 3. The Morgan fingerprint density at radius 2 is 1.65 bits per heavy atom. The molecule has 1 aromatic heterocycles. The number of nitrogens with zero attached hydrogens (tertiary/aromatic N) is 1. The van der Waals surface area contributed by atoms with Gasteiger partial charge >= 0.3 is 12.1 Å². The number of aromatic nitrogens is 1. The summed E-state index contributed by atoms with van der Waals surface area (Å²) in [6, 6.07) is 11.8. The van der Waals surface area contributed by atoms with Crippen molar-refractivity contribution in [2.75, 3.05) is 13.6 Å². The van der Waals surface area contributed by atoms with Crippen LogP contribution in [0, 0.1) is 0 Å². The Labute approximate surface area is 227 Å². The van der Waals surface area contributed by atoms with Crippen molar-refractivity contribution in [1.29, 1.82) is 0 Å². The van der Waals surface area contributed by atoms with Gasteiger partial charge in [-0.3, -0.25) is 14.4 Å². The lowest BCUT2D eigenvalue weighted by Gasteiger charge is -2.30. The van der Waals surface area contributed by atoms with E-state index in [-0.39, 0.29) is 18.5 Å². The van der Waals surface area contributed by atoms with Gasteiger partial charge in [0.1, 0.15) is 6.04 Å². The highest BCUT2D eigenvalue weighted by Crippen LogP contribution is 2.37. The first kappa shape index (κ1) is 29.2. The Kier molecular flexibility index (Phi) is 8.57. The van der Waals surface area contributed by atoms with E-state index in [1.807, 2.05) is 30.3 Å². The zero-order valence-electron chi connectivity index (χ0n) is 21.6. The van der Waals surface area contributed by atoms with E-state index in [2.05, 4.69) is 15.6 Å². The normalized spacial score (nSPS) is 17.6. The first-order valence-corrected chi connectivity index (χ1v) is 12.8. The maximum Gasteiger partial charge on any atom is 0.461 e. The van der Waals surface area contributed by atoms with Crippen molar-refractivity contribution < 1.29 is 36.3 Å². The number of halogens is 5. The highest BCUT2D eigenvalue weighted by atomic mass is 19.4. The molecule has 0 bridgehead atoms. The fourth-order valence-corrected chi connectivity index (χ4v) is 5.02. The van der Waals surface area contributed by atoms with Crippen LogP contribution in [0.15, 0.2) is 60.8 Å². The Morgan fingerprint density at radius 3 is 2.33 bits per heavy atom. The molecule has 3 atom stereocenters. The Hall–Kier alpha value is -3.80. The molecule has 1 saturated heterocycles. The molecule has 4 rings (SSSR count). The van der Waals surface area contributed by atoms with Crippen molar-refractivity contribution in [1.82, 2.24) is 20.5 Å². The minimum atomic E-state index is -6.14. The number of aromatic amines is 1. The zero-order chi connectivity index (χ0) is 29.1. The monoisotopic (exact) mass is 564 g/mol. The molecule has 0 aliphatic carbocycles. The van der Waals surface area contributed by atoms with E-state index in [9.17, 15) is 36.3 Å². The van der Waals surface area contributed by atoms with Crippen LogP contribution < -0.4 is 10.6 Å². The van der Waals surface area contributed by atoms with Crippen molar-refractivity contribution >= 4 is 28.5 Å². The first-order valence-electron chi connectivity index (χ1n) is 12.8. The quantitative estimate of drug-likeness (QED) is 0.327. The van der Waals surface area contributed by atoms with Crippen LogP contribution in [0.25, 0.3) is 10.9 Å². The molecule has 3 N–H and O–H groups in total. The van der Waals surface area contributed by atoms with Gasteiger partial charge in [0.2, 0.25) is 17.6 Å². The summed E-state index contributed by atoms with van der Waals surface area (Å²) in [4.78, 5) is 43.4. The second-order valence-electron chi connectivity index (χ2n) is 9.78. The van der Waals surface area contributed by atoms with E-state index in [1.165, 1.54) is 11.1 Å². The Morgan fingerprint density at radius 1 is 0.975 bits per heavy atom. The number of amides is 2. The van der Waals surface area contributed by atoms with Crippen molar-refractivity contribution in [3.8, 4) is 0 Å². The van der Waals surface area contributed by atoms with E-state index in [1.54, 1.807) is 31.3 Å². The second kappa shape index (κ2) is 11.7. The molecule has 40 heavy (non-hydrogen) atoms. The van der Waals surface area contributed by atoms with Crippen LogP contribution in [0.3, 0.4) is 0 Å². The van der Waals surface area contributed by atoms with Gasteiger partial charge in [0, 0.05) is 30.1 Å². The number of H-pyrrole nitrogens is 1. The van der Waals surface area contributed by atoms with Crippen LogP contribution in [0.4, 0.5) is 22.0 Å². The molecule has 1 fully saturated rings. The standard InChI is InChI=1S/C28H29F5N4O3/c1-34-22(14-17-8-3-2-4-9-17)26(40)37-13-7-12-23(37)25(39)36-21(24(38)27(29,30)28(31,32)33)15-18-16-35-20-11-6-5-10-19(18)20/h2-6,8-11,16,21-23,34-35H,7,12-15H2,1H3,(H,36,39)/t21?,22-,23?/m1/s1. The molecule has 0 saturated carbocycles. The van der Waals surface area contributed by atoms with Gasteiger partial charge in [-0.05, 0) is 43.5 Å². The van der Waals surface area contributed by atoms with Gasteiger partial charge in [-0.1, -0.05) is 48.5 Å². The fraction of sp³-hybridized carbons (Fsp3) is 0.393. The fourth-order valence-electron chi connectivity index (χ4n) is 5.02. The van der Waals surface area contributed by atoms with Gasteiger partial charge in [-0.15, -0.1) is 0 Å².